The van der Waals surface area contributed by atoms with Crippen LogP contribution in [0.2, 0.25) is 0 Å². The zero-order valence-electron chi connectivity index (χ0n) is 12.4. The number of rotatable bonds is 4. The van der Waals surface area contributed by atoms with Crippen LogP contribution in [-0.2, 0) is 0 Å². The Hall–Kier alpha value is -1.45. The molecule has 0 amide bonds. The van der Waals surface area contributed by atoms with Crippen LogP contribution >= 0.6 is 11.8 Å². The summed E-state index contributed by atoms with van der Waals surface area (Å²) in [7, 11) is 1.69. The summed E-state index contributed by atoms with van der Waals surface area (Å²) in [6.07, 6.45) is 0. The van der Waals surface area contributed by atoms with Crippen LogP contribution in [0.25, 0.3) is 0 Å². The van der Waals surface area contributed by atoms with E-state index in [-0.39, 0.29) is 6.04 Å². The Morgan fingerprint density at radius 2 is 1.85 bits per heavy atom. The molecule has 106 valence electrons. The molecular weight excluding hydrogens is 266 g/mol. The second-order valence-electron chi connectivity index (χ2n) is 5.03. The van der Waals surface area contributed by atoms with Crippen LogP contribution in [-0.4, -0.2) is 7.11 Å². The second kappa shape index (κ2) is 6.33. The fraction of sp³-hybridized carbons (Fsp3) is 0.294. The van der Waals surface area contributed by atoms with E-state index in [1.165, 1.54) is 16.0 Å². The highest BCUT2D eigenvalue weighted by atomic mass is 32.2. The minimum Gasteiger partial charge on any atom is -0.496 e. The molecule has 2 rings (SSSR count). The fourth-order valence-corrected chi connectivity index (χ4v) is 3.41. The van der Waals surface area contributed by atoms with Crippen LogP contribution < -0.4 is 10.5 Å². The highest BCUT2D eigenvalue weighted by Gasteiger charge is 2.14. The first-order chi connectivity index (χ1) is 9.52. The van der Waals surface area contributed by atoms with Gasteiger partial charge in [-0.15, -0.1) is 0 Å². The van der Waals surface area contributed by atoms with Crippen LogP contribution in [0.5, 0.6) is 5.75 Å². The molecule has 2 nitrogen and oxygen atoms in total. The van der Waals surface area contributed by atoms with Crippen LogP contribution in [0.1, 0.15) is 29.7 Å². The van der Waals surface area contributed by atoms with Gasteiger partial charge in [0.15, 0.2) is 0 Å². The van der Waals surface area contributed by atoms with Gasteiger partial charge in [-0.25, -0.2) is 0 Å². The van der Waals surface area contributed by atoms with Crippen molar-refractivity contribution < 1.29 is 4.74 Å². The van der Waals surface area contributed by atoms with Gasteiger partial charge in [-0.2, -0.15) is 0 Å². The molecule has 2 N–H and O–H groups in total. The Kier molecular flexibility index (Phi) is 4.73. The summed E-state index contributed by atoms with van der Waals surface area (Å²) in [5.41, 5.74) is 9.75. The van der Waals surface area contributed by atoms with Crippen molar-refractivity contribution in [1.29, 1.82) is 0 Å². The van der Waals surface area contributed by atoms with Crippen molar-refractivity contribution >= 4 is 11.8 Å². The van der Waals surface area contributed by atoms with Gasteiger partial charge < -0.3 is 10.5 Å². The molecule has 0 heterocycles. The third-order valence-electron chi connectivity index (χ3n) is 3.25. The molecule has 2 aromatic rings. The Bertz CT molecular complexity index is 608. The summed E-state index contributed by atoms with van der Waals surface area (Å²) in [5.74, 6) is 0.856. The largest absolute Gasteiger partial charge is 0.496 e. The maximum Gasteiger partial charge on any atom is 0.124 e. The van der Waals surface area contributed by atoms with Crippen molar-refractivity contribution in [1.82, 2.24) is 0 Å². The van der Waals surface area contributed by atoms with Gasteiger partial charge in [0.05, 0.1) is 7.11 Å². The highest BCUT2D eigenvalue weighted by molar-refractivity contribution is 7.99. The van der Waals surface area contributed by atoms with E-state index < -0.39 is 0 Å². The minimum atomic E-state index is -0.0561. The summed E-state index contributed by atoms with van der Waals surface area (Å²) in [6.45, 7) is 6.24. The lowest BCUT2D eigenvalue weighted by atomic mass is 10.1. The Morgan fingerprint density at radius 3 is 2.45 bits per heavy atom. The van der Waals surface area contributed by atoms with Crippen molar-refractivity contribution in [3.8, 4) is 5.75 Å². The van der Waals surface area contributed by atoms with E-state index in [4.69, 9.17) is 10.5 Å². The first-order valence-corrected chi connectivity index (χ1v) is 7.52. The molecule has 0 unspecified atom stereocenters. The Labute approximate surface area is 125 Å². The number of hydrogen-bond acceptors (Lipinski definition) is 3. The molecule has 0 aliphatic carbocycles. The molecule has 1 atom stereocenters. The lowest BCUT2D eigenvalue weighted by molar-refractivity contribution is 0.405. The molecule has 0 aliphatic rings. The summed E-state index contributed by atoms with van der Waals surface area (Å²) in [5, 5.41) is 0. The lowest BCUT2D eigenvalue weighted by Crippen LogP contribution is -2.08. The van der Waals surface area contributed by atoms with Gasteiger partial charge in [-0.3, -0.25) is 0 Å². The fourth-order valence-electron chi connectivity index (χ4n) is 2.27. The van der Waals surface area contributed by atoms with E-state index in [1.807, 2.05) is 19.1 Å². The highest BCUT2D eigenvalue weighted by Crippen LogP contribution is 2.38. The molecule has 0 saturated carbocycles. The summed E-state index contributed by atoms with van der Waals surface area (Å²) in [4.78, 5) is 2.41. The number of nitrogens with two attached hydrogens (primary N) is 1. The first kappa shape index (κ1) is 14.9. The zero-order chi connectivity index (χ0) is 14.7. The van der Waals surface area contributed by atoms with E-state index in [2.05, 4.69) is 38.1 Å². The molecule has 0 aliphatic heterocycles. The predicted octanol–water partition coefficient (Wildman–Crippen LogP) is 4.48. The van der Waals surface area contributed by atoms with Gasteiger partial charge >= 0.3 is 0 Å². The molecule has 20 heavy (non-hydrogen) atoms. The molecule has 0 spiro atoms. The number of methoxy groups -OCH3 is 1. The molecule has 0 fully saturated rings. The van der Waals surface area contributed by atoms with Crippen LogP contribution in [0, 0.1) is 13.8 Å². The normalized spacial score (nSPS) is 12.2. The monoisotopic (exact) mass is 287 g/mol. The SMILES string of the molecule is COc1cccc(Sc2ccc(C)cc2C)c1[C@H](C)N. The van der Waals surface area contributed by atoms with Gasteiger partial charge in [0.25, 0.3) is 0 Å². The van der Waals surface area contributed by atoms with E-state index in [1.54, 1.807) is 18.9 Å². The van der Waals surface area contributed by atoms with Gasteiger partial charge in [-0.05, 0) is 44.5 Å². The molecule has 3 heteroatoms. The van der Waals surface area contributed by atoms with Crippen molar-refractivity contribution in [3.05, 3.63) is 53.1 Å². The van der Waals surface area contributed by atoms with Crippen molar-refractivity contribution in [2.75, 3.05) is 7.11 Å². The average Bonchev–Trinajstić information content (AvgIpc) is 2.41. The summed E-state index contributed by atoms with van der Waals surface area (Å²) < 4.78 is 5.44. The van der Waals surface area contributed by atoms with Crippen LogP contribution in [0.4, 0.5) is 0 Å². The van der Waals surface area contributed by atoms with Crippen molar-refractivity contribution in [3.63, 3.8) is 0 Å². The van der Waals surface area contributed by atoms with E-state index >= 15 is 0 Å². The molecule has 0 aromatic heterocycles. The van der Waals surface area contributed by atoms with Crippen molar-refractivity contribution in [2.24, 2.45) is 5.73 Å². The zero-order valence-corrected chi connectivity index (χ0v) is 13.3. The number of hydrogen-bond donors (Lipinski definition) is 1. The molecule has 0 bridgehead atoms. The first-order valence-electron chi connectivity index (χ1n) is 6.70. The molecule has 0 saturated heterocycles. The lowest BCUT2D eigenvalue weighted by Gasteiger charge is -2.17. The van der Waals surface area contributed by atoms with Crippen LogP contribution in [0.15, 0.2) is 46.2 Å². The molecule has 0 radical (unpaired) electrons. The van der Waals surface area contributed by atoms with E-state index in [9.17, 15) is 0 Å². The van der Waals surface area contributed by atoms with Crippen LogP contribution in [0.3, 0.4) is 0 Å². The molecule has 2 aromatic carbocycles. The Morgan fingerprint density at radius 1 is 1.10 bits per heavy atom. The van der Waals surface area contributed by atoms with E-state index in [0.29, 0.717) is 0 Å². The van der Waals surface area contributed by atoms with Gasteiger partial charge in [0.1, 0.15) is 5.75 Å². The van der Waals surface area contributed by atoms with E-state index in [0.717, 1.165) is 16.2 Å². The number of ether oxygens (including phenoxy) is 1. The quantitative estimate of drug-likeness (QED) is 0.900. The second-order valence-corrected chi connectivity index (χ2v) is 6.12. The third-order valence-corrected chi connectivity index (χ3v) is 4.51. The van der Waals surface area contributed by atoms with Crippen molar-refractivity contribution in [2.45, 2.75) is 36.6 Å². The Balaban J connectivity index is 2.43. The third kappa shape index (κ3) is 3.17. The molecular formula is C17H21NOS. The van der Waals surface area contributed by atoms with Gasteiger partial charge in [0, 0.05) is 21.4 Å². The minimum absolute atomic E-state index is 0.0561. The van der Waals surface area contributed by atoms with Gasteiger partial charge in [-0.1, -0.05) is 35.5 Å². The number of benzene rings is 2. The van der Waals surface area contributed by atoms with Gasteiger partial charge in [0.2, 0.25) is 0 Å². The smallest absolute Gasteiger partial charge is 0.124 e. The summed E-state index contributed by atoms with van der Waals surface area (Å²) in [6, 6.07) is 12.5. The average molecular weight is 287 g/mol. The predicted molar refractivity (Wildman–Crippen MR) is 85.6 cm³/mol. The number of aryl methyl sites for hydroxylation is 2. The maximum absolute atomic E-state index is 6.11. The standard InChI is InChI=1S/C17H21NOS/c1-11-8-9-15(12(2)10-11)20-16-7-5-6-14(19-4)17(16)13(3)18/h5-10,13H,18H2,1-4H3/t13-/m0/s1. The summed E-state index contributed by atoms with van der Waals surface area (Å²) >= 11 is 1.75. The topological polar surface area (TPSA) is 35.2 Å². The maximum atomic E-state index is 6.11.